The fourth-order valence-electron chi connectivity index (χ4n) is 1.38. The molecule has 0 fully saturated rings. The standard InChI is InChI=1S/C8H6BrF6N5S/c9-6-4(10)1-3(17-8-18-7(16)19-20-8)2-5(6)21(11,12,13,14)15/h1-2H,(H4,16,17,18,19,20). The van der Waals surface area contributed by atoms with E-state index in [-0.39, 0.29) is 18.0 Å². The number of hydrogen-bond acceptors (Lipinski definition) is 4. The predicted molar refractivity (Wildman–Crippen MR) is 69.6 cm³/mol. The molecule has 0 saturated carbocycles. The second-order valence-corrected chi connectivity index (χ2v) is 7.08. The number of rotatable bonds is 3. The molecular weight excluding hydrogens is 392 g/mol. The summed E-state index contributed by atoms with van der Waals surface area (Å²) in [6.45, 7) is 0. The number of H-pyrrole nitrogens is 1. The Hall–Kier alpha value is -1.63. The summed E-state index contributed by atoms with van der Waals surface area (Å²) in [6.07, 6.45) is 0. The molecule has 0 radical (unpaired) electrons. The van der Waals surface area contributed by atoms with Crippen LogP contribution in [0.5, 0.6) is 0 Å². The van der Waals surface area contributed by atoms with Gasteiger partial charge in [0.25, 0.3) is 0 Å². The van der Waals surface area contributed by atoms with Gasteiger partial charge in [0.2, 0.25) is 11.9 Å². The van der Waals surface area contributed by atoms with Crippen molar-refractivity contribution in [3.8, 4) is 0 Å². The van der Waals surface area contributed by atoms with E-state index in [4.69, 9.17) is 5.73 Å². The lowest BCUT2D eigenvalue weighted by molar-refractivity contribution is 0.362. The van der Waals surface area contributed by atoms with Gasteiger partial charge in [0.1, 0.15) is 10.7 Å². The molecule has 118 valence electrons. The summed E-state index contributed by atoms with van der Waals surface area (Å²) < 4.78 is 76.2. The van der Waals surface area contributed by atoms with Crippen LogP contribution in [0.15, 0.2) is 21.5 Å². The van der Waals surface area contributed by atoms with E-state index in [0.717, 1.165) is 0 Å². The highest BCUT2D eigenvalue weighted by Crippen LogP contribution is 3.02. The van der Waals surface area contributed by atoms with Crippen LogP contribution >= 0.6 is 26.2 Å². The molecule has 5 nitrogen and oxygen atoms in total. The molecule has 0 bridgehead atoms. The van der Waals surface area contributed by atoms with Crippen LogP contribution < -0.4 is 11.1 Å². The Labute approximate surface area is 121 Å². The Bertz CT molecular complexity index is 714. The average molecular weight is 398 g/mol. The maximum absolute atomic E-state index is 13.4. The first-order valence-corrected chi connectivity index (χ1v) is 7.69. The molecule has 2 rings (SSSR count). The van der Waals surface area contributed by atoms with E-state index in [1.807, 2.05) is 0 Å². The largest absolute Gasteiger partial charge is 0.368 e. The van der Waals surface area contributed by atoms with Gasteiger partial charge in [0, 0.05) is 5.69 Å². The number of halogens is 7. The second kappa shape index (κ2) is 3.97. The number of hydrogen-bond donors (Lipinski definition) is 3. The van der Waals surface area contributed by atoms with Crippen LogP contribution in [0.25, 0.3) is 0 Å². The van der Waals surface area contributed by atoms with E-state index in [0.29, 0.717) is 6.07 Å². The number of aromatic nitrogens is 3. The minimum absolute atomic E-state index is 0.0568. The average Bonchev–Trinajstić information content (AvgIpc) is 2.65. The Kier molecular flexibility index (Phi) is 2.98. The number of benzene rings is 1. The summed E-state index contributed by atoms with van der Waals surface area (Å²) in [7, 11) is -10.1. The van der Waals surface area contributed by atoms with E-state index in [9.17, 15) is 23.8 Å². The van der Waals surface area contributed by atoms with Gasteiger partial charge in [-0.2, -0.15) is 4.98 Å². The molecule has 0 aliphatic carbocycles. The molecule has 0 spiro atoms. The van der Waals surface area contributed by atoms with Gasteiger partial charge in [-0.05, 0) is 28.1 Å². The predicted octanol–water partition coefficient (Wildman–Crippen LogP) is 4.69. The van der Waals surface area contributed by atoms with Gasteiger partial charge in [-0.1, -0.05) is 19.4 Å². The third-order valence-corrected chi connectivity index (χ3v) is 4.39. The van der Waals surface area contributed by atoms with E-state index in [2.05, 4.69) is 36.4 Å². The fraction of sp³-hybridized carbons (Fsp3) is 0. The fourth-order valence-corrected chi connectivity index (χ4v) is 3.31. The summed E-state index contributed by atoms with van der Waals surface area (Å²) >= 11 is 2.18. The third kappa shape index (κ3) is 3.53. The zero-order valence-corrected chi connectivity index (χ0v) is 12.1. The topological polar surface area (TPSA) is 79.6 Å². The quantitative estimate of drug-likeness (QED) is 0.656. The number of nitrogen functional groups attached to an aromatic ring is 1. The van der Waals surface area contributed by atoms with E-state index >= 15 is 0 Å². The van der Waals surface area contributed by atoms with Crippen molar-refractivity contribution in [2.45, 2.75) is 4.90 Å². The summed E-state index contributed by atoms with van der Waals surface area (Å²) in [4.78, 5) is 1.10. The normalized spacial score (nSPS) is 15.4. The van der Waals surface area contributed by atoms with Crippen molar-refractivity contribution in [1.82, 2.24) is 15.2 Å². The summed E-state index contributed by atoms with van der Waals surface area (Å²) in [6, 6.07) is 0.630. The lowest BCUT2D eigenvalue weighted by atomic mass is 10.3. The Morgan fingerprint density at radius 3 is 2.29 bits per heavy atom. The first kappa shape index (κ1) is 15.8. The van der Waals surface area contributed by atoms with Gasteiger partial charge in [-0.3, -0.25) is 0 Å². The lowest BCUT2D eigenvalue weighted by Gasteiger charge is -2.41. The maximum Gasteiger partial charge on any atom is 0.311 e. The highest BCUT2D eigenvalue weighted by atomic mass is 79.9. The van der Waals surface area contributed by atoms with Gasteiger partial charge in [0.05, 0.1) is 4.47 Å². The number of anilines is 3. The molecule has 0 atom stereocenters. The SMILES string of the molecule is Nc1nc(Nc2cc(F)c(Br)c(S(F)(F)(F)(F)F)c2)n[nH]1. The van der Waals surface area contributed by atoms with Crippen LogP contribution in [-0.2, 0) is 0 Å². The summed E-state index contributed by atoms with van der Waals surface area (Å²) in [5, 5.41) is 7.72. The van der Waals surface area contributed by atoms with Crippen molar-refractivity contribution < 1.29 is 23.8 Å². The third-order valence-electron chi connectivity index (χ3n) is 2.17. The number of nitrogens with zero attached hydrogens (tertiary/aromatic N) is 2. The van der Waals surface area contributed by atoms with Crippen molar-refractivity contribution in [1.29, 1.82) is 0 Å². The van der Waals surface area contributed by atoms with Gasteiger partial charge < -0.3 is 11.1 Å². The van der Waals surface area contributed by atoms with Crippen molar-refractivity contribution in [2.75, 3.05) is 11.1 Å². The van der Waals surface area contributed by atoms with Crippen LogP contribution in [0, 0.1) is 5.82 Å². The molecule has 4 N–H and O–H groups in total. The molecule has 0 unspecified atom stereocenters. The molecule has 0 aliphatic heterocycles. The zero-order valence-electron chi connectivity index (χ0n) is 9.68. The molecule has 0 saturated heterocycles. The van der Waals surface area contributed by atoms with Crippen molar-refractivity contribution in [3.63, 3.8) is 0 Å². The first-order valence-electron chi connectivity index (χ1n) is 4.94. The molecule has 13 heteroatoms. The lowest BCUT2D eigenvalue weighted by Crippen LogP contribution is -2.09. The van der Waals surface area contributed by atoms with Crippen LogP contribution in [0.4, 0.5) is 41.4 Å². The van der Waals surface area contributed by atoms with E-state index < -0.39 is 31.1 Å². The molecule has 0 aliphatic rings. The summed E-state index contributed by atoms with van der Waals surface area (Å²) in [5.41, 5.74) is 4.57. The molecule has 1 heterocycles. The van der Waals surface area contributed by atoms with Gasteiger partial charge in [-0.25, -0.2) is 9.49 Å². The summed E-state index contributed by atoms with van der Waals surface area (Å²) in [5.74, 6) is -1.99. The Morgan fingerprint density at radius 2 is 1.81 bits per heavy atom. The number of nitrogens with two attached hydrogens (primary N) is 1. The minimum atomic E-state index is -10.1. The molecule has 2 aromatic rings. The molecule has 0 amide bonds. The van der Waals surface area contributed by atoms with Crippen molar-refractivity contribution in [2.24, 2.45) is 0 Å². The van der Waals surface area contributed by atoms with Crippen LogP contribution in [0.2, 0.25) is 0 Å². The number of nitrogens with one attached hydrogen (secondary N) is 2. The maximum atomic E-state index is 13.4. The Morgan fingerprint density at radius 1 is 1.19 bits per heavy atom. The van der Waals surface area contributed by atoms with Gasteiger partial charge >= 0.3 is 10.2 Å². The van der Waals surface area contributed by atoms with E-state index in [1.54, 1.807) is 0 Å². The van der Waals surface area contributed by atoms with Crippen molar-refractivity contribution in [3.05, 3.63) is 22.4 Å². The molecule has 1 aromatic carbocycles. The second-order valence-electron chi connectivity index (χ2n) is 3.91. The monoisotopic (exact) mass is 397 g/mol. The van der Waals surface area contributed by atoms with Crippen LogP contribution in [0.3, 0.4) is 0 Å². The van der Waals surface area contributed by atoms with Gasteiger partial charge in [0.15, 0.2) is 0 Å². The van der Waals surface area contributed by atoms with E-state index in [1.165, 1.54) is 0 Å². The first-order chi connectivity index (χ1) is 9.26. The molecule has 21 heavy (non-hydrogen) atoms. The Balaban J connectivity index is 2.55. The smallest absolute Gasteiger partial charge is 0.311 e. The molecule has 1 aromatic heterocycles. The number of aromatic amines is 1. The zero-order chi connectivity index (χ0) is 16.1. The minimum Gasteiger partial charge on any atom is -0.368 e. The van der Waals surface area contributed by atoms with Gasteiger partial charge in [-0.15, -0.1) is 5.10 Å². The van der Waals surface area contributed by atoms with Crippen LogP contribution in [-0.4, -0.2) is 15.2 Å². The highest BCUT2D eigenvalue weighted by molar-refractivity contribution is 9.10. The van der Waals surface area contributed by atoms with Crippen LogP contribution in [0.1, 0.15) is 0 Å². The highest BCUT2D eigenvalue weighted by Gasteiger charge is 2.67. The molecular formula is C8H6BrF6N5S. The van der Waals surface area contributed by atoms with Crippen molar-refractivity contribution >= 4 is 43.7 Å².